The summed E-state index contributed by atoms with van der Waals surface area (Å²) in [6, 6.07) is 7.51. The summed E-state index contributed by atoms with van der Waals surface area (Å²) in [4.78, 5) is 22.2. The molecule has 162 valence electrons. The lowest BCUT2D eigenvalue weighted by Gasteiger charge is -2.21. The highest BCUT2D eigenvalue weighted by molar-refractivity contribution is 7.89. The minimum absolute atomic E-state index is 0.0161. The number of nitrogens with zero attached hydrogens (tertiary/aromatic N) is 3. The number of hydrogen-bond acceptors (Lipinski definition) is 6. The van der Waals surface area contributed by atoms with Crippen molar-refractivity contribution in [2.75, 3.05) is 23.3 Å². The molecule has 3 heterocycles. The molecule has 1 aliphatic heterocycles. The van der Waals surface area contributed by atoms with Crippen molar-refractivity contribution in [2.45, 2.75) is 17.4 Å². The zero-order valence-electron chi connectivity index (χ0n) is 15.8. The molecule has 3 N–H and O–H groups in total. The summed E-state index contributed by atoms with van der Waals surface area (Å²) in [6.45, 7) is -0.629. The number of hydrogen-bond donors (Lipinski definition) is 2. The van der Waals surface area contributed by atoms with Crippen molar-refractivity contribution >= 4 is 38.3 Å². The number of halogens is 3. The maximum atomic E-state index is 13.8. The van der Waals surface area contributed by atoms with Crippen molar-refractivity contribution in [3.05, 3.63) is 54.0 Å². The van der Waals surface area contributed by atoms with E-state index in [4.69, 9.17) is 5.14 Å². The predicted molar refractivity (Wildman–Crippen MR) is 107 cm³/mol. The van der Waals surface area contributed by atoms with Crippen LogP contribution >= 0.6 is 0 Å². The summed E-state index contributed by atoms with van der Waals surface area (Å²) in [5, 5.41) is 7.39. The minimum Gasteiger partial charge on any atom is -0.350 e. The third-order valence-corrected chi connectivity index (χ3v) is 5.56. The van der Waals surface area contributed by atoms with Crippen LogP contribution in [-0.2, 0) is 10.0 Å². The second kappa shape index (κ2) is 7.46. The van der Waals surface area contributed by atoms with Gasteiger partial charge in [-0.25, -0.2) is 36.7 Å². The largest absolute Gasteiger partial charge is 0.350 e. The van der Waals surface area contributed by atoms with Crippen molar-refractivity contribution in [1.29, 1.82) is 0 Å². The maximum absolute atomic E-state index is 13.8. The van der Waals surface area contributed by atoms with E-state index in [-0.39, 0.29) is 30.0 Å². The fourth-order valence-corrected chi connectivity index (χ4v) is 3.80. The molecule has 2 aromatic heterocycles. The first-order valence-electron chi connectivity index (χ1n) is 9.05. The number of rotatable bonds is 4. The fourth-order valence-electron chi connectivity index (χ4n) is 3.30. The van der Waals surface area contributed by atoms with Crippen LogP contribution in [0.4, 0.5) is 24.7 Å². The molecule has 3 aromatic rings. The number of benzene rings is 1. The Labute approximate surface area is 174 Å². The van der Waals surface area contributed by atoms with Crippen molar-refractivity contribution in [3.63, 3.8) is 0 Å². The summed E-state index contributed by atoms with van der Waals surface area (Å²) in [7, 11) is -4.10. The van der Waals surface area contributed by atoms with E-state index in [9.17, 15) is 26.4 Å². The van der Waals surface area contributed by atoms with Gasteiger partial charge in [-0.05, 0) is 30.3 Å². The van der Waals surface area contributed by atoms with E-state index in [2.05, 4.69) is 15.3 Å². The van der Waals surface area contributed by atoms with Gasteiger partial charge in [-0.15, -0.1) is 0 Å². The molecule has 0 atom stereocenters. The van der Waals surface area contributed by atoms with E-state index in [1.54, 1.807) is 0 Å². The lowest BCUT2D eigenvalue weighted by molar-refractivity contribution is 0.0256. The highest BCUT2D eigenvalue weighted by Crippen LogP contribution is 2.33. The number of primary sulfonamides is 1. The van der Waals surface area contributed by atoms with Crippen LogP contribution in [-0.4, -0.2) is 43.3 Å². The molecule has 0 spiro atoms. The molecule has 1 aromatic carbocycles. The van der Waals surface area contributed by atoms with Gasteiger partial charge < -0.3 is 10.2 Å². The Morgan fingerprint density at radius 1 is 1.19 bits per heavy atom. The Kier molecular flexibility index (Phi) is 5.06. The minimum atomic E-state index is -4.10. The number of carbonyl (C=O) groups excluding carboxylic acids is 1. The van der Waals surface area contributed by atoms with Gasteiger partial charge in [0.2, 0.25) is 0 Å². The smallest absolute Gasteiger partial charge is 0.266 e. The number of nitrogens with one attached hydrogen (secondary N) is 1. The molecule has 0 bridgehead atoms. The number of sulfonamides is 1. The Morgan fingerprint density at radius 3 is 2.65 bits per heavy atom. The quantitative estimate of drug-likeness (QED) is 0.629. The molecule has 1 amide bonds. The number of aromatic nitrogens is 2. The summed E-state index contributed by atoms with van der Waals surface area (Å²) < 4.78 is 64.2. The SMILES string of the molecule is NS(=O)(=O)c1cc(NC(=O)c2cc3cc(F)ccc3nc2N2CCC(F)(F)C2)ccn1. The first-order chi connectivity index (χ1) is 14.5. The van der Waals surface area contributed by atoms with Crippen molar-refractivity contribution in [1.82, 2.24) is 9.97 Å². The molecule has 0 saturated carbocycles. The van der Waals surface area contributed by atoms with Crippen molar-refractivity contribution in [3.8, 4) is 0 Å². The number of anilines is 2. The van der Waals surface area contributed by atoms with Crippen molar-refractivity contribution < 1.29 is 26.4 Å². The van der Waals surface area contributed by atoms with E-state index < -0.39 is 39.2 Å². The normalized spacial score (nSPS) is 15.9. The highest BCUT2D eigenvalue weighted by Gasteiger charge is 2.40. The zero-order valence-corrected chi connectivity index (χ0v) is 16.7. The Balaban J connectivity index is 1.76. The summed E-state index contributed by atoms with van der Waals surface area (Å²) in [6.07, 6.45) is 0.755. The number of pyridine rings is 2. The van der Waals surface area contributed by atoms with Crippen molar-refractivity contribution in [2.24, 2.45) is 5.14 Å². The average Bonchev–Trinajstić information content (AvgIpc) is 3.06. The summed E-state index contributed by atoms with van der Waals surface area (Å²) >= 11 is 0. The van der Waals surface area contributed by atoms with E-state index >= 15 is 0 Å². The zero-order chi connectivity index (χ0) is 22.4. The lowest BCUT2D eigenvalue weighted by atomic mass is 10.1. The fraction of sp³-hybridized carbons (Fsp3) is 0.211. The number of nitrogens with two attached hydrogens (primary N) is 1. The van der Waals surface area contributed by atoms with E-state index in [0.29, 0.717) is 10.9 Å². The second-order valence-electron chi connectivity index (χ2n) is 7.11. The molecular formula is C19H16F3N5O3S. The molecule has 0 radical (unpaired) electrons. The highest BCUT2D eigenvalue weighted by atomic mass is 32.2. The average molecular weight is 451 g/mol. The molecule has 12 heteroatoms. The van der Waals surface area contributed by atoms with Gasteiger partial charge in [0.15, 0.2) is 5.03 Å². The molecule has 31 heavy (non-hydrogen) atoms. The molecular weight excluding hydrogens is 435 g/mol. The summed E-state index contributed by atoms with van der Waals surface area (Å²) in [5.41, 5.74) is 0.342. The van der Waals surface area contributed by atoms with Gasteiger partial charge in [-0.3, -0.25) is 4.79 Å². The molecule has 8 nitrogen and oxygen atoms in total. The van der Waals surface area contributed by atoms with Crippen LogP contribution in [0.25, 0.3) is 10.9 Å². The standard InChI is InChI=1S/C19H16F3N5O3S/c20-12-1-2-15-11(7-12)8-14(17(26-15)27-6-4-19(21,22)10-27)18(28)25-13-3-5-24-16(9-13)31(23,29)30/h1-3,5,7-9H,4,6,10H2,(H2,23,29,30)(H,24,25,28). The Morgan fingerprint density at radius 2 is 1.97 bits per heavy atom. The maximum Gasteiger partial charge on any atom is 0.266 e. The topological polar surface area (TPSA) is 118 Å². The van der Waals surface area contributed by atoms with Gasteiger partial charge in [0.05, 0.1) is 17.6 Å². The first-order valence-corrected chi connectivity index (χ1v) is 10.6. The molecule has 0 aliphatic carbocycles. The number of fused-ring (bicyclic) bond motifs is 1. The van der Waals surface area contributed by atoms with Crippen LogP contribution in [0.3, 0.4) is 0 Å². The van der Waals surface area contributed by atoms with E-state index in [1.807, 2.05) is 0 Å². The second-order valence-corrected chi connectivity index (χ2v) is 8.61. The van der Waals surface area contributed by atoms with Crippen LogP contribution in [0, 0.1) is 5.82 Å². The Bertz CT molecular complexity index is 1300. The molecule has 1 saturated heterocycles. The number of carbonyl (C=O) groups is 1. The predicted octanol–water partition coefficient (Wildman–Crippen LogP) is 2.51. The van der Waals surface area contributed by atoms with Crippen LogP contribution in [0.5, 0.6) is 0 Å². The van der Waals surface area contributed by atoms with E-state index in [1.165, 1.54) is 35.2 Å². The molecule has 1 fully saturated rings. The van der Waals surface area contributed by atoms with Gasteiger partial charge in [-0.2, -0.15) is 0 Å². The first kappa shape index (κ1) is 21.0. The third kappa shape index (κ3) is 4.44. The lowest BCUT2D eigenvalue weighted by Crippen LogP contribution is -2.28. The van der Waals surface area contributed by atoms with E-state index in [0.717, 1.165) is 12.3 Å². The van der Waals surface area contributed by atoms with Crippen LogP contribution in [0.15, 0.2) is 47.6 Å². The van der Waals surface area contributed by atoms with Crippen LogP contribution < -0.4 is 15.4 Å². The molecule has 1 aliphatic rings. The summed E-state index contributed by atoms with van der Waals surface area (Å²) in [5.74, 6) is -4.19. The van der Waals surface area contributed by atoms with Gasteiger partial charge in [0.1, 0.15) is 11.6 Å². The van der Waals surface area contributed by atoms with Gasteiger partial charge in [0.25, 0.3) is 21.9 Å². The molecule has 0 unspecified atom stereocenters. The van der Waals surface area contributed by atoms with Gasteiger partial charge in [0, 0.05) is 36.3 Å². The Hall–Kier alpha value is -3.25. The molecule has 4 rings (SSSR count). The monoisotopic (exact) mass is 451 g/mol. The van der Waals surface area contributed by atoms with Gasteiger partial charge >= 0.3 is 0 Å². The number of alkyl halides is 2. The van der Waals surface area contributed by atoms with Crippen LogP contribution in [0.1, 0.15) is 16.8 Å². The third-order valence-electron chi connectivity index (χ3n) is 4.75. The number of amides is 1. The van der Waals surface area contributed by atoms with Crippen LogP contribution in [0.2, 0.25) is 0 Å². The van der Waals surface area contributed by atoms with Gasteiger partial charge in [-0.1, -0.05) is 0 Å².